The van der Waals surface area contributed by atoms with E-state index in [0.717, 1.165) is 14.6 Å². The number of nitrogens with two attached hydrogens (primary N) is 1. The van der Waals surface area contributed by atoms with Gasteiger partial charge in [-0.2, -0.15) is 0 Å². The maximum atomic E-state index is 11.8. The Balaban J connectivity index is 2.70. The van der Waals surface area contributed by atoms with Crippen molar-refractivity contribution in [2.75, 3.05) is 5.32 Å². The lowest BCUT2D eigenvalue weighted by Crippen LogP contribution is -2.36. The molecule has 0 heterocycles. The zero-order valence-electron chi connectivity index (χ0n) is 9.84. The van der Waals surface area contributed by atoms with Gasteiger partial charge in [0.15, 0.2) is 0 Å². The minimum Gasteiger partial charge on any atom is -0.324 e. The smallest absolute Gasteiger partial charge is 0.241 e. The van der Waals surface area contributed by atoms with Crippen molar-refractivity contribution in [2.45, 2.75) is 26.3 Å². The molecular weight excluding hydrogens is 348 g/mol. The molecular formula is C12H16Br2N2O. The van der Waals surface area contributed by atoms with Gasteiger partial charge in [0.1, 0.15) is 0 Å². The van der Waals surface area contributed by atoms with Crippen molar-refractivity contribution in [3.63, 3.8) is 0 Å². The first-order valence-electron chi connectivity index (χ1n) is 5.41. The summed E-state index contributed by atoms with van der Waals surface area (Å²) in [7, 11) is 0. The molecule has 1 amide bonds. The molecule has 3 N–H and O–H groups in total. The molecule has 0 radical (unpaired) electrons. The van der Waals surface area contributed by atoms with Crippen molar-refractivity contribution in [1.29, 1.82) is 0 Å². The van der Waals surface area contributed by atoms with E-state index in [9.17, 15) is 4.79 Å². The third-order valence-electron chi connectivity index (χ3n) is 2.25. The van der Waals surface area contributed by atoms with E-state index in [0.29, 0.717) is 12.3 Å². The Morgan fingerprint density at radius 3 is 2.65 bits per heavy atom. The molecule has 0 spiro atoms. The lowest BCUT2D eigenvalue weighted by atomic mass is 10.0. The first-order valence-corrected chi connectivity index (χ1v) is 7.00. The Morgan fingerprint density at radius 2 is 2.06 bits per heavy atom. The molecule has 0 unspecified atom stereocenters. The average molecular weight is 364 g/mol. The van der Waals surface area contributed by atoms with Crippen molar-refractivity contribution in [1.82, 2.24) is 0 Å². The molecule has 17 heavy (non-hydrogen) atoms. The van der Waals surface area contributed by atoms with Gasteiger partial charge in [-0.15, -0.1) is 0 Å². The lowest BCUT2D eigenvalue weighted by Gasteiger charge is -2.15. The molecule has 0 aliphatic rings. The van der Waals surface area contributed by atoms with Crippen molar-refractivity contribution in [3.05, 3.63) is 27.1 Å². The van der Waals surface area contributed by atoms with E-state index in [1.807, 2.05) is 32.0 Å². The van der Waals surface area contributed by atoms with Gasteiger partial charge in [0.25, 0.3) is 0 Å². The van der Waals surface area contributed by atoms with Crippen LogP contribution in [0.3, 0.4) is 0 Å². The van der Waals surface area contributed by atoms with Crippen molar-refractivity contribution >= 4 is 43.5 Å². The number of nitrogens with one attached hydrogen (secondary N) is 1. The fraction of sp³-hybridized carbons (Fsp3) is 0.417. The standard InChI is InChI=1S/C12H16Br2N2O/c1-7(2)5-10(15)12(17)16-11-6-8(13)3-4-9(11)14/h3-4,6-7,10H,5,15H2,1-2H3,(H,16,17)/t10-/m0/s1. The summed E-state index contributed by atoms with van der Waals surface area (Å²) in [4.78, 5) is 11.8. The van der Waals surface area contributed by atoms with Crippen molar-refractivity contribution in [3.8, 4) is 0 Å². The average Bonchev–Trinajstić information content (AvgIpc) is 2.22. The molecule has 0 saturated heterocycles. The van der Waals surface area contributed by atoms with Crippen molar-refractivity contribution < 1.29 is 4.79 Å². The highest BCUT2D eigenvalue weighted by molar-refractivity contribution is 9.11. The number of rotatable bonds is 4. The van der Waals surface area contributed by atoms with Crippen LogP contribution in [0.15, 0.2) is 27.1 Å². The summed E-state index contributed by atoms with van der Waals surface area (Å²) in [5.74, 6) is 0.249. The van der Waals surface area contributed by atoms with E-state index >= 15 is 0 Å². The largest absolute Gasteiger partial charge is 0.324 e. The molecule has 0 bridgehead atoms. The first kappa shape index (κ1) is 14.7. The number of hydrogen-bond acceptors (Lipinski definition) is 2. The van der Waals surface area contributed by atoms with Crippen LogP contribution >= 0.6 is 31.9 Å². The highest BCUT2D eigenvalue weighted by atomic mass is 79.9. The predicted molar refractivity (Wildman–Crippen MR) is 77.9 cm³/mol. The predicted octanol–water partition coefficient (Wildman–Crippen LogP) is 3.52. The molecule has 94 valence electrons. The monoisotopic (exact) mass is 362 g/mol. The molecule has 1 aromatic carbocycles. The van der Waals surface area contributed by atoms with E-state index in [1.165, 1.54) is 0 Å². The Bertz CT molecular complexity index is 407. The summed E-state index contributed by atoms with van der Waals surface area (Å²) in [5, 5.41) is 2.82. The number of carbonyl (C=O) groups excluding carboxylic acids is 1. The fourth-order valence-corrected chi connectivity index (χ4v) is 2.14. The number of anilines is 1. The fourth-order valence-electron chi connectivity index (χ4n) is 1.43. The number of halogens is 2. The SMILES string of the molecule is CC(C)C[C@H](N)C(=O)Nc1cc(Br)ccc1Br. The molecule has 1 atom stereocenters. The van der Waals surface area contributed by atoms with Crippen LogP contribution in [-0.4, -0.2) is 11.9 Å². The minimum absolute atomic E-state index is 0.155. The minimum atomic E-state index is -0.471. The number of amides is 1. The molecule has 0 aromatic heterocycles. The van der Waals surface area contributed by atoms with Gasteiger partial charge in [0.05, 0.1) is 11.7 Å². The van der Waals surface area contributed by atoms with E-state index in [-0.39, 0.29) is 5.91 Å². The maximum absolute atomic E-state index is 11.8. The quantitative estimate of drug-likeness (QED) is 0.859. The summed E-state index contributed by atoms with van der Waals surface area (Å²) in [6, 6.07) is 5.13. The number of hydrogen-bond donors (Lipinski definition) is 2. The second-order valence-electron chi connectivity index (χ2n) is 4.35. The van der Waals surface area contributed by atoms with Gasteiger partial charge in [0, 0.05) is 8.95 Å². The van der Waals surface area contributed by atoms with Gasteiger partial charge < -0.3 is 11.1 Å². The summed E-state index contributed by atoms with van der Waals surface area (Å²) in [6.45, 7) is 4.09. The summed E-state index contributed by atoms with van der Waals surface area (Å²) in [5.41, 5.74) is 6.54. The zero-order valence-corrected chi connectivity index (χ0v) is 13.0. The number of benzene rings is 1. The molecule has 3 nitrogen and oxygen atoms in total. The van der Waals surface area contributed by atoms with Gasteiger partial charge in [-0.3, -0.25) is 4.79 Å². The van der Waals surface area contributed by atoms with Gasteiger partial charge in [-0.1, -0.05) is 29.8 Å². The van der Waals surface area contributed by atoms with E-state index in [1.54, 1.807) is 0 Å². The highest BCUT2D eigenvalue weighted by Crippen LogP contribution is 2.26. The van der Waals surface area contributed by atoms with Crippen LogP contribution in [0.2, 0.25) is 0 Å². The van der Waals surface area contributed by atoms with Crippen LogP contribution in [-0.2, 0) is 4.79 Å². The lowest BCUT2D eigenvalue weighted by molar-refractivity contribution is -0.117. The van der Waals surface area contributed by atoms with Crippen LogP contribution in [0.25, 0.3) is 0 Å². The maximum Gasteiger partial charge on any atom is 0.241 e. The normalized spacial score (nSPS) is 12.6. The first-order chi connectivity index (χ1) is 7.90. The Morgan fingerprint density at radius 1 is 1.41 bits per heavy atom. The van der Waals surface area contributed by atoms with Crippen LogP contribution in [0.1, 0.15) is 20.3 Å². The molecule has 1 rings (SSSR count). The highest BCUT2D eigenvalue weighted by Gasteiger charge is 2.16. The third kappa shape index (κ3) is 4.77. The van der Waals surface area contributed by atoms with E-state index in [2.05, 4.69) is 37.2 Å². The van der Waals surface area contributed by atoms with Gasteiger partial charge in [-0.25, -0.2) is 0 Å². The van der Waals surface area contributed by atoms with Crippen LogP contribution < -0.4 is 11.1 Å². The Hall–Kier alpha value is -0.390. The van der Waals surface area contributed by atoms with Crippen LogP contribution in [0.4, 0.5) is 5.69 Å². The number of carbonyl (C=O) groups is 1. The van der Waals surface area contributed by atoms with Crippen LogP contribution in [0.5, 0.6) is 0 Å². The summed E-state index contributed by atoms with van der Waals surface area (Å²) >= 11 is 6.74. The molecule has 1 aromatic rings. The van der Waals surface area contributed by atoms with E-state index < -0.39 is 6.04 Å². The van der Waals surface area contributed by atoms with Gasteiger partial charge in [0.2, 0.25) is 5.91 Å². The van der Waals surface area contributed by atoms with Gasteiger partial charge in [-0.05, 0) is 46.5 Å². The second-order valence-corrected chi connectivity index (χ2v) is 6.12. The topological polar surface area (TPSA) is 55.1 Å². The van der Waals surface area contributed by atoms with E-state index in [4.69, 9.17) is 5.73 Å². The van der Waals surface area contributed by atoms with Crippen LogP contribution in [0, 0.1) is 5.92 Å². The Kier molecular flexibility index (Phi) is 5.62. The molecule has 0 aliphatic carbocycles. The summed E-state index contributed by atoms with van der Waals surface area (Å²) in [6.07, 6.45) is 0.678. The van der Waals surface area contributed by atoms with Crippen molar-refractivity contribution in [2.24, 2.45) is 11.7 Å². The molecule has 0 aliphatic heterocycles. The Labute approximate surface area is 118 Å². The zero-order chi connectivity index (χ0) is 13.0. The molecule has 5 heteroatoms. The summed E-state index contributed by atoms with van der Waals surface area (Å²) < 4.78 is 1.75. The molecule has 0 fully saturated rings. The molecule has 0 saturated carbocycles. The van der Waals surface area contributed by atoms with Gasteiger partial charge >= 0.3 is 0 Å². The second kappa shape index (κ2) is 6.52. The third-order valence-corrected chi connectivity index (χ3v) is 3.43.